The van der Waals surface area contributed by atoms with Crippen molar-refractivity contribution in [2.45, 2.75) is 38.1 Å². The molecule has 2 fully saturated rings. The van der Waals surface area contributed by atoms with Crippen LogP contribution in [0, 0.1) is 12.8 Å². The van der Waals surface area contributed by atoms with Gasteiger partial charge in [0, 0.05) is 33.2 Å². The molecule has 2 aliphatic heterocycles. The van der Waals surface area contributed by atoms with Crippen molar-refractivity contribution >= 4 is 5.91 Å². The number of carbonyl (C=O) groups excluding carboxylic acids is 1. The number of methoxy groups -OCH3 is 1. The van der Waals surface area contributed by atoms with Crippen LogP contribution in [0.3, 0.4) is 0 Å². The zero-order chi connectivity index (χ0) is 17.2. The van der Waals surface area contributed by atoms with Gasteiger partial charge in [0.2, 0.25) is 5.91 Å². The molecule has 2 saturated heterocycles. The largest absolute Gasteiger partial charge is 0.384 e. The highest BCUT2D eigenvalue weighted by molar-refractivity contribution is 5.77. The summed E-state index contributed by atoms with van der Waals surface area (Å²) in [4.78, 5) is 17.0. The van der Waals surface area contributed by atoms with Crippen molar-refractivity contribution in [2.75, 3.05) is 40.4 Å². The number of aryl methyl sites for hydroxylation is 2. The van der Waals surface area contributed by atoms with Gasteiger partial charge in [-0.1, -0.05) is 24.3 Å². The third-order valence-electron chi connectivity index (χ3n) is 5.95. The van der Waals surface area contributed by atoms with E-state index in [1.165, 1.54) is 17.5 Å². The first-order chi connectivity index (χ1) is 11.5. The highest BCUT2D eigenvalue weighted by Crippen LogP contribution is 2.38. The van der Waals surface area contributed by atoms with Crippen molar-refractivity contribution in [3.63, 3.8) is 0 Å². The van der Waals surface area contributed by atoms with Gasteiger partial charge in [-0.3, -0.25) is 9.69 Å². The van der Waals surface area contributed by atoms with Crippen molar-refractivity contribution in [3.8, 4) is 0 Å². The summed E-state index contributed by atoms with van der Waals surface area (Å²) in [5, 5.41) is 0. The van der Waals surface area contributed by atoms with Gasteiger partial charge in [-0.25, -0.2) is 0 Å². The van der Waals surface area contributed by atoms with E-state index < -0.39 is 0 Å². The summed E-state index contributed by atoms with van der Waals surface area (Å²) in [6.07, 6.45) is 3.82. The quantitative estimate of drug-likeness (QED) is 0.831. The highest BCUT2D eigenvalue weighted by Gasteiger charge is 2.50. The maximum Gasteiger partial charge on any atom is 0.223 e. The average molecular weight is 330 g/mol. The van der Waals surface area contributed by atoms with Crippen molar-refractivity contribution in [1.82, 2.24) is 9.80 Å². The number of likely N-dealkylation sites (tertiary alicyclic amines) is 2. The van der Waals surface area contributed by atoms with E-state index in [9.17, 15) is 4.79 Å². The Kier molecular flexibility index (Phi) is 5.26. The van der Waals surface area contributed by atoms with Gasteiger partial charge in [0.05, 0.1) is 5.54 Å². The second-order valence-electron chi connectivity index (χ2n) is 7.64. The Morgan fingerprint density at radius 1 is 1.33 bits per heavy atom. The number of rotatable bonds is 5. The number of hydrogen-bond acceptors (Lipinski definition) is 3. The minimum atomic E-state index is 0.194. The molecule has 3 rings (SSSR count). The molecule has 4 heteroatoms. The molecule has 1 spiro atoms. The Balaban J connectivity index is 1.51. The number of piperidine rings is 1. The lowest BCUT2D eigenvalue weighted by Crippen LogP contribution is -2.72. The van der Waals surface area contributed by atoms with Crippen LogP contribution in [0.2, 0.25) is 0 Å². The molecule has 1 amide bonds. The Morgan fingerprint density at radius 3 is 2.79 bits per heavy atom. The van der Waals surface area contributed by atoms with Crippen molar-refractivity contribution in [2.24, 2.45) is 5.92 Å². The van der Waals surface area contributed by atoms with E-state index >= 15 is 0 Å². The lowest BCUT2D eigenvalue weighted by atomic mass is 9.75. The second kappa shape index (κ2) is 7.24. The minimum absolute atomic E-state index is 0.194. The van der Waals surface area contributed by atoms with Gasteiger partial charge in [0.25, 0.3) is 0 Å². The van der Waals surface area contributed by atoms with Crippen LogP contribution >= 0.6 is 0 Å². The third-order valence-corrected chi connectivity index (χ3v) is 5.95. The molecule has 132 valence electrons. The number of benzene rings is 1. The Bertz CT molecular complexity index is 581. The highest BCUT2D eigenvalue weighted by atomic mass is 16.5. The van der Waals surface area contributed by atoms with Crippen LogP contribution in [0.15, 0.2) is 24.3 Å². The fourth-order valence-electron chi connectivity index (χ4n) is 4.29. The van der Waals surface area contributed by atoms with E-state index in [1.807, 2.05) is 4.90 Å². The monoisotopic (exact) mass is 330 g/mol. The first kappa shape index (κ1) is 17.4. The molecule has 1 atom stereocenters. The minimum Gasteiger partial charge on any atom is -0.384 e. The summed E-state index contributed by atoms with van der Waals surface area (Å²) >= 11 is 0. The lowest BCUT2D eigenvalue weighted by Gasteiger charge is -2.58. The number of likely N-dealkylation sites (N-methyl/N-ethyl adjacent to an activating group) is 1. The van der Waals surface area contributed by atoms with Crippen molar-refractivity contribution < 1.29 is 9.53 Å². The third kappa shape index (κ3) is 3.50. The molecule has 0 unspecified atom stereocenters. The number of hydrogen-bond donors (Lipinski definition) is 0. The normalized spacial score (nSPS) is 23.3. The summed E-state index contributed by atoms with van der Waals surface area (Å²) in [5.74, 6) is 0.932. The number of nitrogens with zero attached hydrogens (tertiary/aromatic N) is 2. The summed E-state index contributed by atoms with van der Waals surface area (Å²) in [7, 11) is 3.99. The van der Waals surface area contributed by atoms with E-state index in [1.54, 1.807) is 7.11 Å². The molecule has 0 aromatic heterocycles. The maximum atomic E-state index is 12.5. The molecule has 0 N–H and O–H groups in total. The van der Waals surface area contributed by atoms with E-state index in [-0.39, 0.29) is 5.54 Å². The first-order valence-corrected chi connectivity index (χ1v) is 9.06. The summed E-state index contributed by atoms with van der Waals surface area (Å²) in [5.41, 5.74) is 2.76. The molecule has 0 saturated carbocycles. The SMILES string of the molecule is COC[C@@H]1CCN(C)C2(C1)CN(C(=O)CCc1ccccc1C)C2. The molecule has 2 aliphatic rings. The standard InChI is InChI=1S/C20H30N2O2/c1-16-6-4-5-7-18(16)8-9-19(23)22-14-20(15-22)12-17(13-24-3)10-11-21(20)2/h4-7,17H,8-15H2,1-3H3/t17-/m1/s1. The van der Waals surface area contributed by atoms with Gasteiger partial charge < -0.3 is 9.64 Å². The van der Waals surface area contributed by atoms with Crippen LogP contribution in [-0.2, 0) is 16.0 Å². The Morgan fingerprint density at radius 2 is 2.08 bits per heavy atom. The predicted molar refractivity (Wildman–Crippen MR) is 96.0 cm³/mol. The van der Waals surface area contributed by atoms with Gasteiger partial charge in [0.1, 0.15) is 0 Å². The Labute approximate surface area is 145 Å². The van der Waals surface area contributed by atoms with Crippen LogP contribution in [0.5, 0.6) is 0 Å². The fraction of sp³-hybridized carbons (Fsp3) is 0.650. The van der Waals surface area contributed by atoms with E-state index in [0.717, 1.165) is 39.1 Å². The molecule has 2 heterocycles. The summed E-state index contributed by atoms with van der Waals surface area (Å²) in [6, 6.07) is 8.35. The van der Waals surface area contributed by atoms with E-state index in [0.29, 0.717) is 18.2 Å². The van der Waals surface area contributed by atoms with Gasteiger partial charge in [-0.15, -0.1) is 0 Å². The van der Waals surface area contributed by atoms with E-state index in [4.69, 9.17) is 4.74 Å². The van der Waals surface area contributed by atoms with Gasteiger partial charge >= 0.3 is 0 Å². The molecular formula is C20H30N2O2. The Hall–Kier alpha value is -1.39. The first-order valence-electron chi connectivity index (χ1n) is 9.06. The maximum absolute atomic E-state index is 12.5. The molecule has 1 aromatic rings. The van der Waals surface area contributed by atoms with Crippen LogP contribution in [-0.4, -0.2) is 61.6 Å². The molecule has 4 nitrogen and oxygen atoms in total. The summed E-state index contributed by atoms with van der Waals surface area (Å²) in [6.45, 7) is 5.84. The number of carbonyl (C=O) groups is 1. The van der Waals surface area contributed by atoms with Crippen LogP contribution < -0.4 is 0 Å². The van der Waals surface area contributed by atoms with Crippen molar-refractivity contribution in [3.05, 3.63) is 35.4 Å². The predicted octanol–water partition coefficient (Wildman–Crippen LogP) is 2.50. The van der Waals surface area contributed by atoms with Crippen molar-refractivity contribution in [1.29, 1.82) is 0 Å². The molecule has 24 heavy (non-hydrogen) atoms. The van der Waals surface area contributed by atoms with Crippen LogP contribution in [0.4, 0.5) is 0 Å². The topological polar surface area (TPSA) is 32.8 Å². The molecule has 0 aliphatic carbocycles. The second-order valence-corrected chi connectivity index (χ2v) is 7.64. The smallest absolute Gasteiger partial charge is 0.223 e. The van der Waals surface area contributed by atoms with Gasteiger partial charge in [0.15, 0.2) is 0 Å². The molecule has 0 radical (unpaired) electrons. The van der Waals surface area contributed by atoms with Crippen LogP contribution in [0.25, 0.3) is 0 Å². The zero-order valence-electron chi connectivity index (χ0n) is 15.3. The zero-order valence-corrected chi connectivity index (χ0v) is 15.3. The molecule has 1 aromatic carbocycles. The number of amides is 1. The molecular weight excluding hydrogens is 300 g/mol. The number of ether oxygens (including phenoxy) is 1. The van der Waals surface area contributed by atoms with Gasteiger partial charge in [-0.05, 0) is 56.8 Å². The fourth-order valence-corrected chi connectivity index (χ4v) is 4.29. The van der Waals surface area contributed by atoms with E-state index in [2.05, 4.69) is 43.1 Å². The van der Waals surface area contributed by atoms with Gasteiger partial charge in [-0.2, -0.15) is 0 Å². The van der Waals surface area contributed by atoms with Crippen LogP contribution in [0.1, 0.15) is 30.4 Å². The molecule has 0 bridgehead atoms. The average Bonchev–Trinajstić information content (AvgIpc) is 2.54. The lowest BCUT2D eigenvalue weighted by molar-refractivity contribution is -0.150. The summed E-state index contributed by atoms with van der Waals surface area (Å²) < 4.78 is 5.35.